The van der Waals surface area contributed by atoms with Crippen molar-refractivity contribution in [2.45, 2.75) is 0 Å². The third-order valence-corrected chi connectivity index (χ3v) is 9.46. The van der Waals surface area contributed by atoms with Crippen molar-refractivity contribution in [3.05, 3.63) is 170 Å². The highest BCUT2D eigenvalue weighted by atomic mass is 16.3. The molecule has 234 valence electrons. The molecule has 0 fully saturated rings. The highest BCUT2D eigenvalue weighted by Gasteiger charge is 2.24. The van der Waals surface area contributed by atoms with E-state index >= 15 is 0 Å². The van der Waals surface area contributed by atoms with E-state index in [2.05, 4.69) is 120 Å². The average Bonchev–Trinajstić information content (AvgIpc) is 3.75. The van der Waals surface area contributed by atoms with Crippen molar-refractivity contribution in [1.82, 2.24) is 19.5 Å². The Morgan fingerprint density at radius 2 is 0.940 bits per heavy atom. The molecule has 0 aliphatic rings. The monoisotopic (exact) mass is 640 g/mol. The molecule has 7 aromatic carbocycles. The number of hydrogen-bond acceptors (Lipinski definition) is 4. The Bertz CT molecular complexity index is 2860. The van der Waals surface area contributed by atoms with Crippen molar-refractivity contribution in [2.75, 3.05) is 0 Å². The Hall–Kier alpha value is -6.85. The molecular formula is C45H28N4O. The third kappa shape index (κ3) is 4.52. The van der Waals surface area contributed by atoms with E-state index in [9.17, 15) is 0 Å². The van der Waals surface area contributed by atoms with Gasteiger partial charge >= 0.3 is 0 Å². The summed E-state index contributed by atoms with van der Waals surface area (Å²) in [5, 5.41) is 4.28. The summed E-state index contributed by atoms with van der Waals surface area (Å²) in [6, 6.07) is 58.5. The lowest BCUT2D eigenvalue weighted by Crippen LogP contribution is -2.07. The van der Waals surface area contributed by atoms with Crippen LogP contribution in [0.4, 0.5) is 0 Å². The smallest absolute Gasteiger partial charge is 0.238 e. The predicted molar refractivity (Wildman–Crippen MR) is 203 cm³/mol. The first kappa shape index (κ1) is 28.2. The number of fused-ring (bicyclic) bond motifs is 7. The Morgan fingerprint density at radius 3 is 1.72 bits per heavy atom. The molecule has 0 aliphatic heterocycles. The van der Waals surface area contributed by atoms with Gasteiger partial charge in [-0.05, 0) is 34.9 Å². The van der Waals surface area contributed by atoms with Crippen LogP contribution in [0.15, 0.2) is 174 Å². The van der Waals surface area contributed by atoms with Crippen molar-refractivity contribution < 1.29 is 4.42 Å². The number of para-hydroxylation sites is 2. The van der Waals surface area contributed by atoms with Crippen molar-refractivity contribution in [1.29, 1.82) is 0 Å². The maximum atomic E-state index is 6.71. The second-order valence-corrected chi connectivity index (χ2v) is 12.4. The molecule has 50 heavy (non-hydrogen) atoms. The molecule has 0 amide bonds. The Balaban J connectivity index is 1.34. The summed E-state index contributed by atoms with van der Waals surface area (Å²) in [6.45, 7) is 0. The van der Waals surface area contributed by atoms with E-state index in [0.717, 1.165) is 77.1 Å². The summed E-state index contributed by atoms with van der Waals surface area (Å²) in [5.74, 6) is 1.71. The summed E-state index contributed by atoms with van der Waals surface area (Å²) in [5.41, 5.74) is 9.81. The largest absolute Gasteiger partial charge is 0.454 e. The number of rotatable bonds is 5. The third-order valence-electron chi connectivity index (χ3n) is 9.46. The molecule has 0 bridgehead atoms. The van der Waals surface area contributed by atoms with Crippen LogP contribution < -0.4 is 0 Å². The van der Waals surface area contributed by atoms with E-state index in [0.29, 0.717) is 17.6 Å². The molecule has 10 aromatic rings. The molecule has 0 saturated carbocycles. The number of hydrogen-bond donors (Lipinski definition) is 0. The van der Waals surface area contributed by atoms with Gasteiger partial charge in [0.2, 0.25) is 5.95 Å². The summed E-state index contributed by atoms with van der Waals surface area (Å²) < 4.78 is 8.90. The van der Waals surface area contributed by atoms with Crippen LogP contribution in [0.2, 0.25) is 0 Å². The van der Waals surface area contributed by atoms with Crippen molar-refractivity contribution in [2.24, 2.45) is 0 Å². The maximum Gasteiger partial charge on any atom is 0.238 e. The van der Waals surface area contributed by atoms with Gasteiger partial charge in [0, 0.05) is 38.2 Å². The topological polar surface area (TPSA) is 56.7 Å². The van der Waals surface area contributed by atoms with Crippen LogP contribution in [0.1, 0.15) is 0 Å². The van der Waals surface area contributed by atoms with Crippen LogP contribution in [0.25, 0.3) is 94.7 Å². The first-order valence-electron chi connectivity index (χ1n) is 16.7. The summed E-state index contributed by atoms with van der Waals surface area (Å²) in [6.07, 6.45) is 0. The molecule has 0 N–H and O–H groups in total. The number of aromatic nitrogens is 4. The molecule has 5 nitrogen and oxygen atoms in total. The molecule has 0 saturated heterocycles. The first-order chi connectivity index (χ1) is 24.8. The number of furan rings is 1. The summed E-state index contributed by atoms with van der Waals surface area (Å²) in [7, 11) is 0. The quantitative estimate of drug-likeness (QED) is 0.188. The minimum atomic E-state index is 0.523. The van der Waals surface area contributed by atoms with Gasteiger partial charge in [0.25, 0.3) is 0 Å². The van der Waals surface area contributed by atoms with Crippen molar-refractivity contribution in [3.8, 4) is 51.0 Å². The SMILES string of the molecule is c1ccc(-c2cccc(-c3nc(-c4ccccc4)nc(-n4c5c(-c6ccccc6)cccc5c5ccc6c7ccccc7oc6c54)n3)c2)cc1. The summed E-state index contributed by atoms with van der Waals surface area (Å²) >= 11 is 0. The minimum absolute atomic E-state index is 0.523. The Labute approximate surface area is 287 Å². The van der Waals surface area contributed by atoms with Gasteiger partial charge in [-0.1, -0.05) is 152 Å². The highest BCUT2D eigenvalue weighted by molar-refractivity contribution is 6.23. The van der Waals surface area contributed by atoms with E-state index in [-0.39, 0.29) is 0 Å². The van der Waals surface area contributed by atoms with E-state index in [1.165, 1.54) is 0 Å². The second kappa shape index (κ2) is 11.4. The number of nitrogens with zero attached hydrogens (tertiary/aromatic N) is 4. The molecule has 3 heterocycles. The van der Waals surface area contributed by atoms with E-state index in [1.807, 2.05) is 54.6 Å². The predicted octanol–water partition coefficient (Wildman–Crippen LogP) is 11.5. The molecule has 0 unspecified atom stereocenters. The van der Waals surface area contributed by atoms with Crippen molar-refractivity contribution in [3.63, 3.8) is 0 Å². The van der Waals surface area contributed by atoms with Gasteiger partial charge < -0.3 is 4.42 Å². The van der Waals surface area contributed by atoms with Gasteiger partial charge in [0.15, 0.2) is 17.2 Å². The molecular weight excluding hydrogens is 613 g/mol. The zero-order valence-corrected chi connectivity index (χ0v) is 26.9. The standard InChI is InChI=1S/C45H28N4O/c1-4-14-29(15-5-1)32-20-12-21-33(28-32)44-46-43(31-18-8-3-9-19-31)47-45(48-44)49-40-34(30-16-6-2-7-17-30)23-13-24-36(40)37-26-27-38-35-22-10-11-25-39(35)50-42(38)41(37)49/h1-28H. The van der Waals surface area contributed by atoms with Crippen LogP contribution in [0.3, 0.4) is 0 Å². The Morgan fingerprint density at radius 1 is 0.380 bits per heavy atom. The molecule has 0 radical (unpaired) electrons. The van der Waals surface area contributed by atoms with Gasteiger partial charge in [0.1, 0.15) is 11.1 Å². The van der Waals surface area contributed by atoms with Crippen molar-refractivity contribution >= 4 is 43.7 Å². The van der Waals surface area contributed by atoms with E-state index in [4.69, 9.17) is 19.4 Å². The van der Waals surface area contributed by atoms with Crippen LogP contribution in [0.5, 0.6) is 0 Å². The van der Waals surface area contributed by atoms with E-state index in [1.54, 1.807) is 0 Å². The second-order valence-electron chi connectivity index (χ2n) is 12.4. The average molecular weight is 641 g/mol. The van der Waals surface area contributed by atoms with E-state index < -0.39 is 0 Å². The van der Waals surface area contributed by atoms with Crippen LogP contribution in [0, 0.1) is 0 Å². The lowest BCUT2D eigenvalue weighted by atomic mass is 10.0. The zero-order chi connectivity index (χ0) is 33.0. The van der Waals surface area contributed by atoms with Gasteiger partial charge in [-0.2, -0.15) is 9.97 Å². The fourth-order valence-corrected chi connectivity index (χ4v) is 7.16. The normalized spacial score (nSPS) is 11.6. The first-order valence-corrected chi connectivity index (χ1v) is 16.7. The number of benzene rings is 7. The fourth-order valence-electron chi connectivity index (χ4n) is 7.16. The molecule has 10 rings (SSSR count). The molecule has 0 spiro atoms. The minimum Gasteiger partial charge on any atom is -0.454 e. The van der Waals surface area contributed by atoms with Crippen LogP contribution in [-0.4, -0.2) is 19.5 Å². The molecule has 0 atom stereocenters. The lowest BCUT2D eigenvalue weighted by molar-refractivity contribution is 0.670. The van der Waals surface area contributed by atoms with Crippen LogP contribution in [-0.2, 0) is 0 Å². The van der Waals surface area contributed by atoms with Gasteiger partial charge in [0.05, 0.1) is 5.52 Å². The zero-order valence-electron chi connectivity index (χ0n) is 26.9. The lowest BCUT2D eigenvalue weighted by Gasteiger charge is -2.13. The fraction of sp³-hybridized carbons (Fsp3) is 0. The summed E-state index contributed by atoms with van der Waals surface area (Å²) in [4.78, 5) is 15.6. The molecule has 3 aromatic heterocycles. The molecule has 5 heteroatoms. The van der Waals surface area contributed by atoms with Gasteiger partial charge in [-0.15, -0.1) is 0 Å². The van der Waals surface area contributed by atoms with Gasteiger partial charge in [-0.25, -0.2) is 4.98 Å². The molecule has 0 aliphatic carbocycles. The van der Waals surface area contributed by atoms with Gasteiger partial charge in [-0.3, -0.25) is 4.57 Å². The highest BCUT2D eigenvalue weighted by Crippen LogP contribution is 2.43. The Kier molecular flexibility index (Phi) is 6.42. The van der Waals surface area contributed by atoms with Crippen LogP contribution >= 0.6 is 0 Å². The maximum absolute atomic E-state index is 6.71.